The monoisotopic (exact) mass is 337 g/mol. The highest BCUT2D eigenvalue weighted by molar-refractivity contribution is 5.92. The van der Waals surface area contributed by atoms with Crippen LogP contribution in [0.2, 0.25) is 0 Å². The van der Waals surface area contributed by atoms with Crippen molar-refractivity contribution in [3.63, 3.8) is 0 Å². The van der Waals surface area contributed by atoms with Gasteiger partial charge in [0.05, 0.1) is 5.56 Å². The van der Waals surface area contributed by atoms with E-state index in [4.69, 9.17) is 15.9 Å². The molecule has 0 saturated heterocycles. The fourth-order valence-corrected chi connectivity index (χ4v) is 2.42. The van der Waals surface area contributed by atoms with Gasteiger partial charge in [0.25, 0.3) is 5.91 Å². The van der Waals surface area contributed by atoms with Gasteiger partial charge in [0, 0.05) is 12.7 Å². The van der Waals surface area contributed by atoms with Crippen molar-refractivity contribution in [1.82, 2.24) is 4.57 Å². The fraction of sp³-hybridized carbons (Fsp3) is 0.0526. The summed E-state index contributed by atoms with van der Waals surface area (Å²) < 4.78 is 20.3. The molecule has 0 atom stereocenters. The molecule has 0 radical (unpaired) electrons. The molecular formula is C19H16FN3O2. The molecule has 1 heterocycles. The van der Waals surface area contributed by atoms with Gasteiger partial charge < -0.3 is 15.0 Å². The van der Waals surface area contributed by atoms with Crippen molar-refractivity contribution >= 4 is 5.91 Å². The number of nitrogens with one attached hydrogen (secondary N) is 1. The van der Waals surface area contributed by atoms with Gasteiger partial charge in [0.2, 0.25) is 0 Å². The van der Waals surface area contributed by atoms with Gasteiger partial charge in [-0.2, -0.15) is 0 Å². The maximum absolute atomic E-state index is 13.0. The molecule has 0 bridgehead atoms. The number of nitrogens with two attached hydrogens (primary N) is 1. The molecule has 3 N–H and O–H groups in total. The van der Waals surface area contributed by atoms with E-state index < -0.39 is 5.91 Å². The summed E-state index contributed by atoms with van der Waals surface area (Å²) in [7, 11) is 0. The summed E-state index contributed by atoms with van der Waals surface area (Å²) in [6.07, 6.45) is 1.71. The van der Waals surface area contributed by atoms with Gasteiger partial charge in [-0.1, -0.05) is 12.1 Å². The summed E-state index contributed by atoms with van der Waals surface area (Å²) in [4.78, 5) is 11.3. The van der Waals surface area contributed by atoms with Crippen molar-refractivity contribution in [2.45, 2.75) is 6.54 Å². The van der Waals surface area contributed by atoms with Crippen LogP contribution in [0.15, 0.2) is 66.9 Å². The van der Waals surface area contributed by atoms with E-state index in [1.807, 2.05) is 18.2 Å². The number of benzene rings is 2. The predicted molar refractivity (Wildman–Crippen MR) is 90.8 cm³/mol. The van der Waals surface area contributed by atoms with Gasteiger partial charge in [-0.15, -0.1) is 0 Å². The number of primary amides is 1. The number of halogens is 1. The van der Waals surface area contributed by atoms with E-state index in [2.05, 4.69) is 0 Å². The minimum atomic E-state index is -0.632. The molecule has 5 nitrogen and oxygen atoms in total. The van der Waals surface area contributed by atoms with Crippen LogP contribution in [-0.2, 0) is 6.54 Å². The molecule has 1 aromatic heterocycles. The van der Waals surface area contributed by atoms with Crippen LogP contribution in [0.1, 0.15) is 15.9 Å². The average molecular weight is 337 g/mol. The van der Waals surface area contributed by atoms with Crippen LogP contribution in [0.25, 0.3) is 0 Å². The Hall–Kier alpha value is -3.41. The molecule has 25 heavy (non-hydrogen) atoms. The van der Waals surface area contributed by atoms with Gasteiger partial charge in [-0.3, -0.25) is 10.2 Å². The zero-order valence-electron chi connectivity index (χ0n) is 13.3. The second-order valence-electron chi connectivity index (χ2n) is 5.47. The van der Waals surface area contributed by atoms with E-state index in [0.717, 1.165) is 5.56 Å². The zero-order valence-corrected chi connectivity index (χ0v) is 13.3. The highest BCUT2D eigenvalue weighted by atomic mass is 19.1. The van der Waals surface area contributed by atoms with Crippen molar-refractivity contribution in [3.05, 3.63) is 89.3 Å². The third-order valence-corrected chi connectivity index (χ3v) is 3.64. The first-order chi connectivity index (χ1) is 12.0. The summed E-state index contributed by atoms with van der Waals surface area (Å²) in [5, 5.41) is 8.07. The number of hydrogen-bond acceptors (Lipinski definition) is 3. The first-order valence-electron chi connectivity index (χ1n) is 7.59. The number of pyridine rings is 1. The third-order valence-electron chi connectivity index (χ3n) is 3.64. The number of hydrogen-bond donors (Lipinski definition) is 2. The summed E-state index contributed by atoms with van der Waals surface area (Å²) in [6, 6.07) is 16.3. The van der Waals surface area contributed by atoms with E-state index in [9.17, 15) is 9.18 Å². The Bertz CT molecular complexity index is 965. The van der Waals surface area contributed by atoms with Crippen LogP contribution >= 0.6 is 0 Å². The maximum Gasteiger partial charge on any atom is 0.252 e. The zero-order chi connectivity index (χ0) is 17.8. The topological polar surface area (TPSA) is 81.1 Å². The predicted octanol–water partition coefficient (Wildman–Crippen LogP) is 3.05. The molecule has 126 valence electrons. The third kappa shape index (κ3) is 3.92. The molecule has 0 aliphatic carbocycles. The van der Waals surface area contributed by atoms with Crippen LogP contribution < -0.4 is 16.0 Å². The first-order valence-corrected chi connectivity index (χ1v) is 7.59. The lowest BCUT2D eigenvalue weighted by Gasteiger charge is -2.11. The molecule has 1 amide bonds. The van der Waals surface area contributed by atoms with Crippen LogP contribution in [0.4, 0.5) is 4.39 Å². The van der Waals surface area contributed by atoms with E-state index in [0.29, 0.717) is 18.0 Å². The Kier molecular flexibility index (Phi) is 4.61. The van der Waals surface area contributed by atoms with Crippen LogP contribution in [0.3, 0.4) is 0 Å². The summed E-state index contributed by atoms with van der Waals surface area (Å²) in [6.45, 7) is 0.389. The Morgan fingerprint density at radius 3 is 2.56 bits per heavy atom. The standard InChI is InChI=1S/C19H16FN3O2/c20-14-6-8-15(9-7-14)25-16-4-1-3-13(11-16)12-23-10-2-5-17(18(23)21)19(22)24/h1-11,21H,12H2,(H2,22,24). The van der Waals surface area contributed by atoms with E-state index in [1.54, 1.807) is 35.0 Å². The number of carbonyl (C=O) groups is 1. The molecule has 0 aliphatic heterocycles. The number of nitrogens with zero attached hydrogens (tertiary/aromatic N) is 1. The minimum Gasteiger partial charge on any atom is -0.457 e. The number of amides is 1. The summed E-state index contributed by atoms with van der Waals surface area (Å²) >= 11 is 0. The Balaban J connectivity index is 1.83. The van der Waals surface area contributed by atoms with Gasteiger partial charge >= 0.3 is 0 Å². The molecule has 2 aromatic carbocycles. The number of ether oxygens (including phenoxy) is 1. The highest BCUT2D eigenvalue weighted by Gasteiger charge is 2.06. The summed E-state index contributed by atoms with van der Waals surface area (Å²) in [5.74, 6) is 0.174. The maximum atomic E-state index is 13.0. The van der Waals surface area contributed by atoms with Crippen LogP contribution in [-0.4, -0.2) is 10.5 Å². The van der Waals surface area contributed by atoms with Gasteiger partial charge in [-0.25, -0.2) is 4.39 Å². The van der Waals surface area contributed by atoms with Crippen LogP contribution in [0.5, 0.6) is 11.5 Å². The van der Waals surface area contributed by atoms with E-state index >= 15 is 0 Å². The first kappa shape index (κ1) is 16.4. The van der Waals surface area contributed by atoms with Crippen LogP contribution in [0, 0.1) is 11.2 Å². The van der Waals surface area contributed by atoms with Crippen molar-refractivity contribution in [3.8, 4) is 11.5 Å². The molecule has 0 fully saturated rings. The van der Waals surface area contributed by atoms with Gasteiger partial charge in [-0.05, 0) is 54.1 Å². The highest BCUT2D eigenvalue weighted by Crippen LogP contribution is 2.22. The SMILES string of the molecule is N=c1c(C(N)=O)cccn1Cc1cccc(Oc2ccc(F)cc2)c1. The Labute approximate surface area is 143 Å². The molecule has 6 heteroatoms. The minimum absolute atomic E-state index is 0.0554. The lowest BCUT2D eigenvalue weighted by molar-refractivity contribution is 0.0998. The van der Waals surface area contributed by atoms with Crippen molar-refractivity contribution < 1.29 is 13.9 Å². The van der Waals surface area contributed by atoms with E-state index in [-0.39, 0.29) is 16.9 Å². The lowest BCUT2D eigenvalue weighted by atomic mass is 10.2. The molecular weight excluding hydrogens is 321 g/mol. The lowest BCUT2D eigenvalue weighted by Crippen LogP contribution is -2.29. The summed E-state index contributed by atoms with van der Waals surface area (Å²) in [5.41, 5.74) is 6.39. The number of rotatable bonds is 5. The second-order valence-corrected chi connectivity index (χ2v) is 5.47. The quantitative estimate of drug-likeness (QED) is 0.750. The van der Waals surface area contributed by atoms with Crippen molar-refractivity contribution in [2.24, 2.45) is 5.73 Å². The van der Waals surface area contributed by atoms with E-state index in [1.165, 1.54) is 18.2 Å². The molecule has 3 rings (SSSR count). The Morgan fingerprint density at radius 1 is 1.08 bits per heavy atom. The second kappa shape index (κ2) is 7.00. The Morgan fingerprint density at radius 2 is 1.84 bits per heavy atom. The molecule has 0 unspecified atom stereocenters. The average Bonchev–Trinajstić information content (AvgIpc) is 2.59. The van der Waals surface area contributed by atoms with Gasteiger partial charge in [0.15, 0.2) is 0 Å². The number of aromatic nitrogens is 1. The number of carbonyl (C=O) groups excluding carboxylic acids is 1. The molecule has 0 saturated carbocycles. The van der Waals surface area contributed by atoms with Gasteiger partial charge in [0.1, 0.15) is 22.8 Å². The molecule has 0 spiro atoms. The van der Waals surface area contributed by atoms with Crippen molar-refractivity contribution in [1.29, 1.82) is 5.41 Å². The smallest absolute Gasteiger partial charge is 0.252 e. The largest absolute Gasteiger partial charge is 0.457 e. The molecule has 0 aliphatic rings. The molecule has 3 aromatic rings. The normalized spacial score (nSPS) is 10.4. The fourth-order valence-electron chi connectivity index (χ4n) is 2.42. The van der Waals surface area contributed by atoms with Crippen molar-refractivity contribution in [2.75, 3.05) is 0 Å².